The van der Waals surface area contributed by atoms with Crippen molar-refractivity contribution in [2.45, 2.75) is 42.2 Å². The van der Waals surface area contributed by atoms with Gasteiger partial charge in [-0.15, -0.1) is 0 Å². The van der Waals surface area contributed by atoms with Crippen LogP contribution < -0.4 is 0 Å². The van der Waals surface area contributed by atoms with E-state index in [9.17, 15) is 17.6 Å². The van der Waals surface area contributed by atoms with Crippen molar-refractivity contribution in [1.29, 1.82) is 0 Å². The third-order valence-corrected chi connectivity index (χ3v) is 10.5. The Morgan fingerprint density at radius 2 is 1.74 bits per heavy atom. The predicted octanol–water partition coefficient (Wildman–Crippen LogP) is 5.63. The molecule has 6 rings (SSSR count). The first-order valence-corrected chi connectivity index (χ1v) is 14.0. The minimum atomic E-state index is -3.74. The van der Waals surface area contributed by atoms with Crippen LogP contribution in [0.4, 0.5) is 4.39 Å². The van der Waals surface area contributed by atoms with Gasteiger partial charge in [0.15, 0.2) is 15.6 Å². The number of benzene rings is 2. The number of ketones is 1. The molecule has 4 aromatic rings. The second-order valence-electron chi connectivity index (χ2n) is 10.4. The van der Waals surface area contributed by atoms with E-state index in [4.69, 9.17) is 0 Å². The zero-order valence-electron chi connectivity index (χ0n) is 20.8. The van der Waals surface area contributed by atoms with E-state index in [0.29, 0.717) is 30.6 Å². The average molecular weight is 528 g/mol. The van der Waals surface area contributed by atoms with Crippen molar-refractivity contribution in [3.8, 4) is 5.69 Å². The van der Waals surface area contributed by atoms with Crippen molar-refractivity contribution in [2.24, 2.45) is 5.41 Å². The van der Waals surface area contributed by atoms with Crippen LogP contribution >= 0.6 is 0 Å². The van der Waals surface area contributed by atoms with Gasteiger partial charge in [0.25, 0.3) is 0 Å². The lowest BCUT2D eigenvalue weighted by Crippen LogP contribution is -2.51. The van der Waals surface area contributed by atoms with Gasteiger partial charge in [0.1, 0.15) is 11.5 Å². The summed E-state index contributed by atoms with van der Waals surface area (Å²) in [6.45, 7) is 1.76. The van der Waals surface area contributed by atoms with Gasteiger partial charge < -0.3 is 0 Å². The first kappa shape index (κ1) is 24.4. The fraction of sp³-hybridized carbons (Fsp3) is 0.233. The summed E-state index contributed by atoms with van der Waals surface area (Å²) >= 11 is 0. The Morgan fingerprint density at radius 3 is 2.45 bits per heavy atom. The highest BCUT2D eigenvalue weighted by Gasteiger charge is 2.56. The normalized spacial score (nSPS) is 22.7. The summed E-state index contributed by atoms with van der Waals surface area (Å²) in [4.78, 5) is 18.9. The van der Waals surface area contributed by atoms with Crippen LogP contribution in [-0.4, -0.2) is 33.7 Å². The fourth-order valence-electron chi connectivity index (χ4n) is 5.99. The molecule has 8 heteroatoms. The highest BCUT2D eigenvalue weighted by atomic mass is 32.2. The van der Waals surface area contributed by atoms with Crippen LogP contribution in [-0.2, 0) is 16.3 Å². The van der Waals surface area contributed by atoms with Gasteiger partial charge >= 0.3 is 0 Å². The summed E-state index contributed by atoms with van der Waals surface area (Å²) in [5.74, 6) is -0.516. The Labute approximate surface area is 220 Å². The van der Waals surface area contributed by atoms with Gasteiger partial charge in [0, 0.05) is 6.20 Å². The molecule has 0 bridgehead atoms. The van der Waals surface area contributed by atoms with Crippen molar-refractivity contribution < 1.29 is 17.6 Å². The zero-order chi connectivity index (χ0) is 26.5. The smallest absolute Gasteiger partial charge is 0.191 e. The van der Waals surface area contributed by atoms with Crippen LogP contribution in [0.15, 0.2) is 95.7 Å². The number of sulfone groups is 1. The Kier molecular flexibility index (Phi) is 5.68. The molecule has 0 N–H and O–H groups in total. The Balaban J connectivity index is 1.49. The minimum absolute atomic E-state index is 0.139. The molecule has 38 heavy (non-hydrogen) atoms. The predicted molar refractivity (Wildman–Crippen MR) is 142 cm³/mol. The molecule has 2 aliphatic carbocycles. The van der Waals surface area contributed by atoms with E-state index in [1.807, 2.05) is 6.08 Å². The number of pyridine rings is 1. The van der Waals surface area contributed by atoms with Gasteiger partial charge in [-0.2, -0.15) is 5.10 Å². The number of Topliss-reactive ketones (excluding diaryl/α,β-unsaturated/α-hetero) is 1. The van der Waals surface area contributed by atoms with E-state index in [1.165, 1.54) is 12.1 Å². The maximum Gasteiger partial charge on any atom is 0.191 e. The molecule has 0 saturated heterocycles. The molecule has 0 aliphatic heterocycles. The van der Waals surface area contributed by atoms with Crippen molar-refractivity contribution >= 4 is 21.7 Å². The molecule has 0 unspecified atom stereocenters. The molecule has 0 radical (unpaired) electrons. The number of hydrogen-bond acceptors (Lipinski definition) is 5. The average Bonchev–Trinajstić information content (AvgIpc) is 3.34. The lowest BCUT2D eigenvalue weighted by Gasteiger charge is -2.48. The molecule has 0 amide bonds. The van der Waals surface area contributed by atoms with E-state index >= 15 is 0 Å². The first-order chi connectivity index (χ1) is 18.2. The molecule has 1 saturated carbocycles. The van der Waals surface area contributed by atoms with Gasteiger partial charge in [-0.3, -0.25) is 9.78 Å². The number of carbonyl (C=O) groups excluding carboxylic acids is 1. The lowest BCUT2D eigenvalue weighted by molar-refractivity contribution is 0.0773. The van der Waals surface area contributed by atoms with E-state index in [-0.39, 0.29) is 22.9 Å². The number of nitrogens with zero attached hydrogens (tertiary/aromatic N) is 3. The topological polar surface area (TPSA) is 81.9 Å². The van der Waals surface area contributed by atoms with Gasteiger partial charge in [-0.05, 0) is 92.8 Å². The maximum absolute atomic E-state index is 14.3. The molecule has 1 fully saturated rings. The summed E-state index contributed by atoms with van der Waals surface area (Å²) in [5, 5.41) is 4.56. The number of fused-ring (bicyclic) bond motifs is 2. The largest absolute Gasteiger partial charge is 0.291 e. The molecule has 2 aromatic carbocycles. The maximum atomic E-state index is 14.3. The van der Waals surface area contributed by atoms with Crippen molar-refractivity contribution in [2.75, 3.05) is 0 Å². The summed E-state index contributed by atoms with van der Waals surface area (Å²) in [6, 6.07) is 19.7. The molecule has 2 atom stereocenters. The highest BCUT2D eigenvalue weighted by Crippen LogP contribution is 2.55. The van der Waals surface area contributed by atoms with Crippen LogP contribution in [0, 0.1) is 11.2 Å². The van der Waals surface area contributed by atoms with Gasteiger partial charge in [-0.1, -0.05) is 29.8 Å². The number of halogens is 1. The second-order valence-corrected chi connectivity index (χ2v) is 12.8. The molecular formula is C30H26FN3O3S. The van der Waals surface area contributed by atoms with Crippen molar-refractivity contribution in [1.82, 2.24) is 14.8 Å². The summed E-state index contributed by atoms with van der Waals surface area (Å²) in [6.07, 6.45) is 6.55. The highest BCUT2D eigenvalue weighted by molar-refractivity contribution is 7.92. The van der Waals surface area contributed by atoms with Gasteiger partial charge in [0.2, 0.25) is 0 Å². The van der Waals surface area contributed by atoms with Crippen molar-refractivity contribution in [3.63, 3.8) is 0 Å². The van der Waals surface area contributed by atoms with Crippen molar-refractivity contribution in [3.05, 3.63) is 114 Å². The quantitative estimate of drug-likeness (QED) is 0.314. The Morgan fingerprint density at radius 1 is 1.00 bits per heavy atom. The second kappa shape index (κ2) is 8.84. The molecule has 2 aromatic heterocycles. The Hall–Kier alpha value is -3.91. The number of carbonyl (C=O) groups is 1. The fourth-order valence-corrected chi connectivity index (χ4v) is 7.88. The first-order valence-electron chi connectivity index (χ1n) is 12.5. The number of allylic oxidation sites excluding steroid dienone is 1. The van der Waals surface area contributed by atoms with Crippen LogP contribution in [0.5, 0.6) is 0 Å². The number of rotatable bonds is 5. The van der Waals surface area contributed by atoms with E-state index in [0.717, 1.165) is 16.8 Å². The molecule has 192 valence electrons. The summed E-state index contributed by atoms with van der Waals surface area (Å²) in [7, 11) is -3.74. The minimum Gasteiger partial charge on any atom is -0.291 e. The number of aromatic nitrogens is 3. The van der Waals surface area contributed by atoms with Crippen LogP contribution in [0.3, 0.4) is 0 Å². The lowest BCUT2D eigenvalue weighted by atomic mass is 9.59. The molecule has 6 nitrogen and oxygen atoms in total. The third-order valence-electron chi connectivity index (χ3n) is 8.01. The summed E-state index contributed by atoms with van der Waals surface area (Å²) < 4.78 is 42.0. The summed E-state index contributed by atoms with van der Waals surface area (Å²) in [5.41, 5.74) is 2.49. The number of hydrogen-bond donors (Lipinski definition) is 0. The Bertz CT molecular complexity index is 1660. The molecule has 2 aliphatic rings. The van der Waals surface area contributed by atoms with Crippen LogP contribution in [0.2, 0.25) is 0 Å². The van der Waals surface area contributed by atoms with E-state index < -0.39 is 20.0 Å². The molecular weight excluding hydrogens is 501 g/mol. The van der Waals surface area contributed by atoms with Crippen LogP contribution in [0.1, 0.15) is 47.9 Å². The zero-order valence-corrected chi connectivity index (χ0v) is 21.7. The van der Waals surface area contributed by atoms with E-state index in [1.54, 1.807) is 84.7 Å². The van der Waals surface area contributed by atoms with Crippen LogP contribution in [0.25, 0.3) is 11.8 Å². The molecule has 0 spiro atoms. The SMILES string of the molecule is C[C@]1(S(=O)(=O)c2ccccc2)CCC2=Cc3c(cnn3-c3ccc(F)cc3)C[C@]2(C(=O)c2ccccn2)C1. The standard InChI is InChI=1S/C30H26FN3O3S/c1-29(38(36,37)25-7-3-2-4-8-25)15-14-22-17-27-21(19-33-34(27)24-12-10-23(31)11-13-24)18-30(22,20-29)28(35)26-9-5-6-16-32-26/h2-13,16-17,19H,14-15,18,20H2,1H3/t29-,30-/m0/s1. The van der Waals surface area contributed by atoms with Gasteiger partial charge in [0.05, 0.1) is 32.6 Å². The molecule has 2 heterocycles. The monoisotopic (exact) mass is 527 g/mol. The van der Waals surface area contributed by atoms with Gasteiger partial charge in [-0.25, -0.2) is 17.5 Å². The third kappa shape index (κ3) is 3.74. The van der Waals surface area contributed by atoms with E-state index in [2.05, 4.69) is 10.1 Å².